The van der Waals surface area contributed by atoms with Crippen molar-refractivity contribution >= 4 is 5.78 Å². The lowest BCUT2D eigenvalue weighted by molar-refractivity contribution is -0.318. The molecule has 11 atom stereocenters. The summed E-state index contributed by atoms with van der Waals surface area (Å²) in [6, 6.07) is 9.43. The first-order valence-electron chi connectivity index (χ1n) is 13.4. The van der Waals surface area contributed by atoms with E-state index >= 15 is 0 Å². The second-order valence-corrected chi connectivity index (χ2v) is 10.5. The SMILES string of the molecule is COc1ccc([C@H]2CC(=O)c3c(O)cc(O[C@@H]4O[C@H](CO[C@@H]5O[C@H](C)[C@H](O)[C@@H](O)[C@H]5O)[C@H](O)[C@@H](O)[C@H]4O)cc3O2)cc1. The highest BCUT2D eigenvalue weighted by atomic mass is 16.7. The number of ether oxygens (including phenoxy) is 6. The Hall–Kier alpha value is -3.05. The highest BCUT2D eigenvalue weighted by Gasteiger charge is 2.47. The number of phenolic OH excluding ortho intramolecular Hbond substituents is 1. The Morgan fingerprint density at radius 3 is 2.19 bits per heavy atom. The number of carbonyl (C=O) groups excluding carboxylic acids is 1. The fourth-order valence-corrected chi connectivity index (χ4v) is 5.11. The van der Waals surface area contributed by atoms with Crippen molar-refractivity contribution in [2.75, 3.05) is 13.7 Å². The average Bonchev–Trinajstić information content (AvgIpc) is 2.97. The van der Waals surface area contributed by atoms with Gasteiger partial charge in [0.2, 0.25) is 6.29 Å². The Kier molecular flexibility index (Phi) is 8.89. The number of rotatable bonds is 7. The van der Waals surface area contributed by atoms with Gasteiger partial charge >= 0.3 is 0 Å². The molecular formula is C28H34O14. The molecule has 0 spiro atoms. The van der Waals surface area contributed by atoms with Crippen molar-refractivity contribution < 1.29 is 69.0 Å². The van der Waals surface area contributed by atoms with Gasteiger partial charge in [0.1, 0.15) is 77.4 Å². The van der Waals surface area contributed by atoms with Crippen LogP contribution < -0.4 is 14.2 Å². The molecule has 0 aliphatic carbocycles. The van der Waals surface area contributed by atoms with Gasteiger partial charge in [0.15, 0.2) is 12.1 Å². The Morgan fingerprint density at radius 2 is 1.50 bits per heavy atom. The van der Waals surface area contributed by atoms with Crippen LogP contribution in [0.3, 0.4) is 0 Å². The number of methoxy groups -OCH3 is 1. The molecule has 0 bridgehead atoms. The molecule has 2 saturated heterocycles. The summed E-state index contributed by atoms with van der Waals surface area (Å²) in [4.78, 5) is 12.9. The third kappa shape index (κ3) is 5.90. The van der Waals surface area contributed by atoms with Crippen LogP contribution in [0.2, 0.25) is 0 Å². The zero-order valence-corrected chi connectivity index (χ0v) is 22.7. The van der Waals surface area contributed by atoms with Gasteiger partial charge in [-0.2, -0.15) is 0 Å². The summed E-state index contributed by atoms with van der Waals surface area (Å²) in [5.74, 6) is -0.190. The molecule has 14 heteroatoms. The number of aliphatic hydroxyl groups is 6. The summed E-state index contributed by atoms with van der Waals surface area (Å²) in [7, 11) is 1.53. The number of hydrogen-bond donors (Lipinski definition) is 7. The maximum absolute atomic E-state index is 12.9. The smallest absolute Gasteiger partial charge is 0.229 e. The standard InChI is InChI=1S/C28H34O14/c1-11-21(31)23(33)25(35)27(39-11)38-10-19-22(32)24(34)26(36)28(42-19)40-14-7-15(29)20-16(30)9-17(41-18(20)8-14)12-3-5-13(37-2)6-4-12/h3-8,11,17,19,21-29,31-36H,9-10H2,1-2H3/t11-,17-,19-,21+,22+,23-,24-,25-,26-,27-,28-/m1/s1. The fourth-order valence-electron chi connectivity index (χ4n) is 5.11. The van der Waals surface area contributed by atoms with Crippen LogP contribution in [0.1, 0.15) is 35.4 Å². The van der Waals surface area contributed by atoms with E-state index in [0.717, 1.165) is 6.07 Å². The van der Waals surface area contributed by atoms with E-state index in [2.05, 4.69) is 0 Å². The van der Waals surface area contributed by atoms with Crippen molar-refractivity contribution in [3.8, 4) is 23.0 Å². The van der Waals surface area contributed by atoms with Gasteiger partial charge in [0.25, 0.3) is 0 Å². The Morgan fingerprint density at radius 1 is 0.833 bits per heavy atom. The van der Waals surface area contributed by atoms with Crippen molar-refractivity contribution in [2.24, 2.45) is 0 Å². The van der Waals surface area contributed by atoms with Crippen LogP contribution >= 0.6 is 0 Å². The zero-order chi connectivity index (χ0) is 30.3. The van der Waals surface area contributed by atoms with E-state index in [-0.39, 0.29) is 29.3 Å². The molecule has 3 aliphatic heterocycles. The van der Waals surface area contributed by atoms with Gasteiger partial charge in [0, 0.05) is 12.1 Å². The van der Waals surface area contributed by atoms with Crippen molar-refractivity contribution in [1.82, 2.24) is 0 Å². The predicted octanol–water partition coefficient (Wildman–Crippen LogP) is -0.862. The van der Waals surface area contributed by atoms with Gasteiger partial charge in [-0.25, -0.2) is 0 Å². The molecule has 14 nitrogen and oxygen atoms in total. The second kappa shape index (κ2) is 12.3. The molecule has 0 saturated carbocycles. The van der Waals surface area contributed by atoms with E-state index < -0.39 is 79.9 Å². The number of Topliss-reactive ketones (excluding diaryl/α,β-unsaturated/α-hetero) is 1. The first-order chi connectivity index (χ1) is 20.0. The number of benzene rings is 2. The highest BCUT2D eigenvalue weighted by Crippen LogP contribution is 2.42. The van der Waals surface area contributed by atoms with E-state index in [0.29, 0.717) is 11.3 Å². The van der Waals surface area contributed by atoms with Crippen LogP contribution in [0.25, 0.3) is 0 Å². The van der Waals surface area contributed by atoms with E-state index in [4.69, 9.17) is 28.4 Å². The summed E-state index contributed by atoms with van der Waals surface area (Å²) in [5.41, 5.74) is 0.668. The minimum atomic E-state index is -1.75. The van der Waals surface area contributed by atoms with Gasteiger partial charge < -0.3 is 64.2 Å². The third-order valence-electron chi connectivity index (χ3n) is 7.62. The lowest BCUT2D eigenvalue weighted by Gasteiger charge is -2.42. The lowest BCUT2D eigenvalue weighted by Crippen LogP contribution is -2.61. The van der Waals surface area contributed by atoms with Gasteiger partial charge in [-0.15, -0.1) is 0 Å². The van der Waals surface area contributed by atoms with Gasteiger partial charge in [0.05, 0.1) is 26.2 Å². The molecule has 2 aromatic rings. The largest absolute Gasteiger partial charge is 0.507 e. The maximum atomic E-state index is 12.9. The van der Waals surface area contributed by atoms with Crippen molar-refractivity contribution in [3.05, 3.63) is 47.5 Å². The van der Waals surface area contributed by atoms with Gasteiger partial charge in [-0.05, 0) is 24.6 Å². The monoisotopic (exact) mass is 594 g/mol. The molecule has 230 valence electrons. The molecule has 42 heavy (non-hydrogen) atoms. The summed E-state index contributed by atoms with van der Waals surface area (Å²) in [6.07, 6.45) is -15.4. The Bertz CT molecular complexity index is 1250. The lowest BCUT2D eigenvalue weighted by atomic mass is 9.95. The molecule has 0 unspecified atom stereocenters. The summed E-state index contributed by atoms with van der Waals surface area (Å²) >= 11 is 0. The number of hydrogen-bond acceptors (Lipinski definition) is 14. The molecule has 7 N–H and O–H groups in total. The van der Waals surface area contributed by atoms with Gasteiger partial charge in [-0.1, -0.05) is 12.1 Å². The van der Waals surface area contributed by atoms with Crippen molar-refractivity contribution in [1.29, 1.82) is 0 Å². The van der Waals surface area contributed by atoms with Crippen LogP contribution in [0, 0.1) is 0 Å². The fraction of sp³-hybridized carbons (Fsp3) is 0.536. The first-order valence-corrected chi connectivity index (χ1v) is 13.4. The van der Waals surface area contributed by atoms with Crippen LogP contribution in [0.4, 0.5) is 0 Å². The number of aliphatic hydroxyl groups excluding tert-OH is 6. The summed E-state index contributed by atoms with van der Waals surface area (Å²) in [6.45, 7) is 0.995. The zero-order valence-electron chi connectivity index (χ0n) is 22.7. The normalized spacial score (nSPS) is 36.6. The molecule has 2 fully saturated rings. The van der Waals surface area contributed by atoms with Gasteiger partial charge in [-0.3, -0.25) is 4.79 Å². The molecule has 0 amide bonds. The van der Waals surface area contributed by atoms with Crippen LogP contribution in [-0.4, -0.2) is 117 Å². The average molecular weight is 595 g/mol. The van der Waals surface area contributed by atoms with E-state index in [9.17, 15) is 40.5 Å². The van der Waals surface area contributed by atoms with E-state index in [1.807, 2.05) is 0 Å². The Labute approximate surface area is 240 Å². The molecule has 0 aromatic heterocycles. The highest BCUT2D eigenvalue weighted by molar-refractivity contribution is 6.02. The first kappa shape index (κ1) is 30.4. The third-order valence-corrected chi connectivity index (χ3v) is 7.62. The van der Waals surface area contributed by atoms with Crippen molar-refractivity contribution in [3.63, 3.8) is 0 Å². The molecular weight excluding hydrogens is 560 g/mol. The summed E-state index contributed by atoms with van der Waals surface area (Å²) < 4.78 is 33.4. The second-order valence-electron chi connectivity index (χ2n) is 10.5. The molecule has 0 radical (unpaired) electrons. The van der Waals surface area contributed by atoms with Crippen LogP contribution in [0.15, 0.2) is 36.4 Å². The number of fused-ring (bicyclic) bond motifs is 1. The quantitative estimate of drug-likeness (QED) is 0.208. The number of phenols is 1. The molecule has 3 aliphatic rings. The molecule has 5 rings (SSSR count). The van der Waals surface area contributed by atoms with Crippen molar-refractivity contribution in [2.45, 2.75) is 80.9 Å². The predicted molar refractivity (Wildman–Crippen MR) is 139 cm³/mol. The van der Waals surface area contributed by atoms with E-state index in [1.54, 1.807) is 24.3 Å². The topological polar surface area (TPSA) is 214 Å². The summed E-state index contributed by atoms with van der Waals surface area (Å²) in [5, 5.41) is 72.1. The number of carbonyl (C=O) groups is 1. The van der Waals surface area contributed by atoms with E-state index in [1.165, 1.54) is 20.1 Å². The maximum Gasteiger partial charge on any atom is 0.229 e. The van der Waals surface area contributed by atoms with Crippen LogP contribution in [0.5, 0.6) is 23.0 Å². The number of aromatic hydroxyl groups is 1. The minimum absolute atomic E-state index is 0.0164. The van der Waals surface area contributed by atoms with Crippen LogP contribution in [-0.2, 0) is 14.2 Å². The minimum Gasteiger partial charge on any atom is -0.507 e. The number of ketones is 1. The Balaban J connectivity index is 1.29. The molecule has 3 heterocycles. The molecule has 2 aromatic carbocycles.